The van der Waals surface area contributed by atoms with Gasteiger partial charge in [-0.3, -0.25) is 0 Å². The molecular formula is C8H10ClNO3. The van der Waals surface area contributed by atoms with E-state index in [1.807, 2.05) is 0 Å². The molecule has 0 aromatic heterocycles. The van der Waals surface area contributed by atoms with Gasteiger partial charge in [-0.1, -0.05) is 17.7 Å². The van der Waals surface area contributed by atoms with E-state index >= 15 is 0 Å². The molecule has 13 heavy (non-hydrogen) atoms. The van der Waals surface area contributed by atoms with E-state index in [1.165, 1.54) is 12.1 Å². The van der Waals surface area contributed by atoms with Crippen molar-refractivity contribution in [3.8, 4) is 11.5 Å². The fourth-order valence-corrected chi connectivity index (χ4v) is 1.24. The summed E-state index contributed by atoms with van der Waals surface area (Å²) in [5.74, 6) is -0.760. The van der Waals surface area contributed by atoms with E-state index < -0.39 is 11.9 Å². The second-order valence-corrected chi connectivity index (χ2v) is 2.97. The van der Waals surface area contributed by atoms with E-state index in [0.717, 1.165) is 0 Å². The Bertz CT molecular complexity index is 317. The zero-order valence-corrected chi connectivity index (χ0v) is 7.49. The first kappa shape index (κ1) is 10.1. The molecule has 0 fully saturated rings. The highest BCUT2D eigenvalue weighted by molar-refractivity contribution is 6.33. The Hall–Kier alpha value is -0.970. The second kappa shape index (κ2) is 3.83. The number of benzene rings is 1. The highest BCUT2D eigenvalue weighted by Gasteiger charge is 2.15. The Kier molecular flexibility index (Phi) is 2.98. The summed E-state index contributed by atoms with van der Waals surface area (Å²) in [6.45, 7) is 0.00390. The number of nitrogens with two attached hydrogens (primary N) is 1. The standard InChI is InChI=1S/C8H10ClNO3/c9-7-4(6(12)3-10)1-2-5(11)8(7)13/h1-2,6,11-13H,3,10H2/t6-/m1/s1. The van der Waals surface area contributed by atoms with Crippen molar-refractivity contribution in [3.05, 3.63) is 22.7 Å². The first-order chi connectivity index (χ1) is 6.07. The summed E-state index contributed by atoms with van der Waals surface area (Å²) in [5.41, 5.74) is 5.51. The Balaban J connectivity index is 3.18. The molecule has 0 heterocycles. The van der Waals surface area contributed by atoms with Crippen molar-refractivity contribution in [3.63, 3.8) is 0 Å². The number of halogens is 1. The lowest BCUT2D eigenvalue weighted by Gasteiger charge is -2.11. The Morgan fingerprint density at radius 3 is 2.54 bits per heavy atom. The van der Waals surface area contributed by atoms with Gasteiger partial charge in [0.2, 0.25) is 0 Å². The molecule has 0 saturated heterocycles. The van der Waals surface area contributed by atoms with Crippen LogP contribution in [-0.4, -0.2) is 21.9 Å². The summed E-state index contributed by atoms with van der Waals surface area (Å²) < 4.78 is 0. The Morgan fingerprint density at radius 2 is 2.00 bits per heavy atom. The molecule has 5 heteroatoms. The minimum atomic E-state index is -0.931. The molecule has 1 aromatic carbocycles. The maximum absolute atomic E-state index is 9.32. The van der Waals surface area contributed by atoms with E-state index in [2.05, 4.69) is 0 Å². The molecule has 0 amide bonds. The zero-order chi connectivity index (χ0) is 10.0. The monoisotopic (exact) mass is 203 g/mol. The first-order valence-electron chi connectivity index (χ1n) is 3.66. The molecule has 72 valence electrons. The van der Waals surface area contributed by atoms with E-state index in [1.54, 1.807) is 0 Å². The molecule has 4 nitrogen and oxygen atoms in total. The molecule has 0 aliphatic carbocycles. The van der Waals surface area contributed by atoms with Gasteiger partial charge >= 0.3 is 0 Å². The van der Waals surface area contributed by atoms with Gasteiger partial charge < -0.3 is 21.1 Å². The van der Waals surface area contributed by atoms with Crippen LogP contribution < -0.4 is 5.73 Å². The first-order valence-corrected chi connectivity index (χ1v) is 4.04. The van der Waals surface area contributed by atoms with Crippen LogP contribution in [0.5, 0.6) is 11.5 Å². The van der Waals surface area contributed by atoms with Crippen LogP contribution >= 0.6 is 11.6 Å². The highest BCUT2D eigenvalue weighted by atomic mass is 35.5. The summed E-state index contributed by atoms with van der Waals surface area (Å²) in [6, 6.07) is 2.66. The molecule has 1 rings (SSSR count). The molecule has 0 spiro atoms. The summed E-state index contributed by atoms with van der Waals surface area (Å²) in [4.78, 5) is 0. The van der Waals surface area contributed by atoms with Crippen LogP contribution in [0.1, 0.15) is 11.7 Å². The number of phenols is 2. The largest absolute Gasteiger partial charge is 0.504 e. The highest BCUT2D eigenvalue weighted by Crippen LogP contribution is 2.37. The van der Waals surface area contributed by atoms with Crippen LogP contribution in [0.15, 0.2) is 12.1 Å². The summed E-state index contributed by atoms with van der Waals surface area (Å²) >= 11 is 5.65. The number of aromatic hydroxyl groups is 2. The molecule has 0 bridgehead atoms. The minimum absolute atomic E-state index is 0.00390. The molecular weight excluding hydrogens is 194 g/mol. The average Bonchev–Trinajstić information content (AvgIpc) is 2.13. The number of hydrogen-bond donors (Lipinski definition) is 4. The normalized spacial score (nSPS) is 12.8. The molecule has 0 aliphatic heterocycles. The van der Waals surface area contributed by atoms with Crippen molar-refractivity contribution in [2.45, 2.75) is 6.10 Å². The van der Waals surface area contributed by atoms with Gasteiger partial charge in [0, 0.05) is 12.1 Å². The molecule has 1 atom stereocenters. The number of rotatable bonds is 2. The van der Waals surface area contributed by atoms with Crippen LogP contribution in [0.3, 0.4) is 0 Å². The van der Waals surface area contributed by atoms with Gasteiger partial charge in [-0.25, -0.2) is 0 Å². The van der Waals surface area contributed by atoms with Crippen LogP contribution in [0, 0.1) is 0 Å². The van der Waals surface area contributed by atoms with Crippen molar-refractivity contribution >= 4 is 11.6 Å². The molecule has 0 radical (unpaired) electrons. The summed E-state index contributed by atoms with van der Waals surface area (Å²) in [7, 11) is 0. The Labute approximate surface area is 80.2 Å². The van der Waals surface area contributed by atoms with Gasteiger partial charge in [0.1, 0.15) is 0 Å². The van der Waals surface area contributed by atoms with E-state index in [9.17, 15) is 10.2 Å². The fraction of sp³-hybridized carbons (Fsp3) is 0.250. The number of phenolic OH excluding ortho intramolecular Hbond substituents is 2. The van der Waals surface area contributed by atoms with Gasteiger partial charge in [0.15, 0.2) is 11.5 Å². The second-order valence-electron chi connectivity index (χ2n) is 2.59. The zero-order valence-electron chi connectivity index (χ0n) is 6.74. The average molecular weight is 204 g/mol. The third-order valence-corrected chi connectivity index (χ3v) is 2.10. The fourth-order valence-electron chi connectivity index (χ4n) is 0.954. The lowest BCUT2D eigenvalue weighted by atomic mass is 10.1. The van der Waals surface area contributed by atoms with Crippen molar-refractivity contribution in [2.24, 2.45) is 5.73 Å². The number of aliphatic hydroxyl groups excluding tert-OH is 1. The van der Waals surface area contributed by atoms with Crippen molar-refractivity contribution in [2.75, 3.05) is 6.54 Å². The SMILES string of the molecule is NC[C@@H](O)c1ccc(O)c(O)c1Cl. The van der Waals surface area contributed by atoms with E-state index in [-0.39, 0.29) is 17.3 Å². The van der Waals surface area contributed by atoms with Gasteiger partial charge in [0.25, 0.3) is 0 Å². The lowest BCUT2D eigenvalue weighted by Crippen LogP contribution is -2.11. The predicted octanol–water partition coefficient (Wildman–Crippen LogP) is 0.743. The maximum atomic E-state index is 9.32. The molecule has 0 saturated carbocycles. The predicted molar refractivity (Wildman–Crippen MR) is 48.8 cm³/mol. The Morgan fingerprint density at radius 1 is 1.38 bits per heavy atom. The summed E-state index contributed by atoms with van der Waals surface area (Å²) in [5, 5.41) is 27.5. The number of hydrogen-bond acceptors (Lipinski definition) is 4. The van der Waals surface area contributed by atoms with Crippen LogP contribution in [0.2, 0.25) is 5.02 Å². The van der Waals surface area contributed by atoms with Crippen molar-refractivity contribution in [1.82, 2.24) is 0 Å². The molecule has 0 unspecified atom stereocenters. The van der Waals surface area contributed by atoms with Crippen LogP contribution in [-0.2, 0) is 0 Å². The van der Waals surface area contributed by atoms with Gasteiger partial charge in [-0.05, 0) is 6.07 Å². The van der Waals surface area contributed by atoms with E-state index in [4.69, 9.17) is 22.4 Å². The van der Waals surface area contributed by atoms with Crippen LogP contribution in [0.4, 0.5) is 0 Å². The topological polar surface area (TPSA) is 86.7 Å². The van der Waals surface area contributed by atoms with Gasteiger partial charge in [-0.15, -0.1) is 0 Å². The molecule has 0 aliphatic rings. The third-order valence-electron chi connectivity index (χ3n) is 1.71. The molecule has 1 aromatic rings. The molecule has 5 N–H and O–H groups in total. The smallest absolute Gasteiger partial charge is 0.176 e. The van der Waals surface area contributed by atoms with Crippen molar-refractivity contribution in [1.29, 1.82) is 0 Å². The lowest BCUT2D eigenvalue weighted by molar-refractivity contribution is 0.186. The minimum Gasteiger partial charge on any atom is -0.504 e. The van der Waals surface area contributed by atoms with E-state index in [0.29, 0.717) is 5.56 Å². The third kappa shape index (κ3) is 1.85. The van der Waals surface area contributed by atoms with Crippen molar-refractivity contribution < 1.29 is 15.3 Å². The van der Waals surface area contributed by atoms with Gasteiger partial charge in [-0.2, -0.15) is 0 Å². The quantitative estimate of drug-likeness (QED) is 0.534. The van der Waals surface area contributed by atoms with Gasteiger partial charge in [0.05, 0.1) is 11.1 Å². The summed E-state index contributed by atoms with van der Waals surface area (Å²) in [6.07, 6.45) is -0.931. The van der Waals surface area contributed by atoms with Crippen LogP contribution in [0.25, 0.3) is 0 Å². The maximum Gasteiger partial charge on any atom is 0.176 e. The number of aliphatic hydroxyl groups is 1.